The number of aliphatic hydroxyl groups excluding tert-OH is 1. The SMILES string of the molecule is CC1CCCCC1Oc1ccc(CN2Cc3ccc(-c4ncc(N5CCC(=O)NC5=O)n4C)nc3C2(C)CO)cc1. The first-order chi connectivity index (χ1) is 19.8. The lowest BCUT2D eigenvalue weighted by Crippen LogP contribution is -2.50. The Bertz CT molecular complexity index is 1450. The molecule has 6 rings (SSSR count). The second-order valence-corrected chi connectivity index (χ2v) is 11.8. The predicted molar refractivity (Wildman–Crippen MR) is 154 cm³/mol. The first-order valence-electron chi connectivity index (χ1n) is 14.5. The molecule has 3 unspecified atom stereocenters. The van der Waals surface area contributed by atoms with Gasteiger partial charge in [0.15, 0.2) is 5.82 Å². The fourth-order valence-corrected chi connectivity index (χ4v) is 6.34. The zero-order valence-corrected chi connectivity index (χ0v) is 24.0. The molecule has 0 bridgehead atoms. The summed E-state index contributed by atoms with van der Waals surface area (Å²) in [6.45, 7) is 5.86. The number of fused-ring (bicyclic) bond motifs is 1. The maximum Gasteiger partial charge on any atom is 0.329 e. The minimum Gasteiger partial charge on any atom is -0.490 e. The number of hydrogen-bond acceptors (Lipinski definition) is 7. The average Bonchev–Trinajstić information content (AvgIpc) is 3.48. The Hall–Kier alpha value is -3.76. The largest absolute Gasteiger partial charge is 0.490 e. The fraction of sp³-hybridized carbons (Fsp3) is 0.484. The quantitative estimate of drug-likeness (QED) is 0.449. The third kappa shape index (κ3) is 5.10. The predicted octanol–water partition coefficient (Wildman–Crippen LogP) is 4.11. The summed E-state index contributed by atoms with van der Waals surface area (Å²) >= 11 is 0. The van der Waals surface area contributed by atoms with E-state index >= 15 is 0 Å². The lowest BCUT2D eigenvalue weighted by atomic mass is 9.88. The number of rotatable bonds is 7. The molecule has 0 radical (unpaired) electrons. The Morgan fingerprint density at radius 2 is 1.90 bits per heavy atom. The number of ether oxygens (including phenoxy) is 1. The van der Waals surface area contributed by atoms with Gasteiger partial charge >= 0.3 is 6.03 Å². The lowest BCUT2D eigenvalue weighted by Gasteiger charge is -2.34. The Labute approximate surface area is 240 Å². The fourth-order valence-electron chi connectivity index (χ4n) is 6.34. The van der Waals surface area contributed by atoms with Crippen molar-refractivity contribution in [2.24, 2.45) is 13.0 Å². The summed E-state index contributed by atoms with van der Waals surface area (Å²) in [7, 11) is 1.83. The summed E-state index contributed by atoms with van der Waals surface area (Å²) in [5, 5.41) is 13.0. The van der Waals surface area contributed by atoms with Crippen LogP contribution in [0, 0.1) is 5.92 Å². The van der Waals surface area contributed by atoms with Crippen LogP contribution in [-0.2, 0) is 30.5 Å². The number of amides is 3. The molecule has 3 atom stereocenters. The van der Waals surface area contributed by atoms with Crippen molar-refractivity contribution < 1.29 is 19.4 Å². The van der Waals surface area contributed by atoms with Gasteiger partial charge in [-0.15, -0.1) is 0 Å². The average molecular weight is 559 g/mol. The summed E-state index contributed by atoms with van der Waals surface area (Å²) in [6, 6.07) is 11.9. The monoisotopic (exact) mass is 558 g/mol. The van der Waals surface area contributed by atoms with Gasteiger partial charge in [0.2, 0.25) is 5.91 Å². The van der Waals surface area contributed by atoms with Crippen molar-refractivity contribution in [1.29, 1.82) is 0 Å². The van der Waals surface area contributed by atoms with Gasteiger partial charge < -0.3 is 14.4 Å². The zero-order chi connectivity index (χ0) is 28.7. The number of anilines is 1. The molecule has 3 aliphatic rings. The van der Waals surface area contributed by atoms with Gasteiger partial charge in [-0.3, -0.25) is 19.9 Å². The highest BCUT2D eigenvalue weighted by Gasteiger charge is 2.42. The van der Waals surface area contributed by atoms with E-state index in [0.29, 0.717) is 42.9 Å². The molecule has 2 fully saturated rings. The van der Waals surface area contributed by atoms with Gasteiger partial charge in [-0.25, -0.2) is 14.8 Å². The number of imidazole rings is 1. The zero-order valence-electron chi connectivity index (χ0n) is 24.0. The number of nitrogens with zero attached hydrogens (tertiary/aromatic N) is 5. The third-order valence-corrected chi connectivity index (χ3v) is 9.00. The molecule has 10 heteroatoms. The van der Waals surface area contributed by atoms with Crippen molar-refractivity contribution in [3.63, 3.8) is 0 Å². The van der Waals surface area contributed by atoms with Crippen molar-refractivity contribution in [3.05, 3.63) is 59.4 Å². The van der Waals surface area contributed by atoms with Gasteiger partial charge in [-0.1, -0.05) is 31.5 Å². The van der Waals surface area contributed by atoms with E-state index in [4.69, 9.17) is 9.72 Å². The maximum atomic E-state index is 12.4. The molecule has 2 aliphatic heterocycles. The number of carbonyl (C=O) groups excluding carboxylic acids is 2. The smallest absolute Gasteiger partial charge is 0.329 e. The number of imide groups is 1. The van der Waals surface area contributed by atoms with Crippen LogP contribution >= 0.6 is 0 Å². The van der Waals surface area contributed by atoms with Crippen LogP contribution in [0.15, 0.2) is 42.6 Å². The van der Waals surface area contributed by atoms with Crippen LogP contribution in [-0.4, -0.2) is 55.7 Å². The van der Waals surface area contributed by atoms with Gasteiger partial charge in [0.05, 0.1) is 24.0 Å². The topological polar surface area (TPSA) is 113 Å². The van der Waals surface area contributed by atoms with E-state index in [9.17, 15) is 14.7 Å². The van der Waals surface area contributed by atoms with Gasteiger partial charge in [0.1, 0.15) is 23.4 Å². The van der Waals surface area contributed by atoms with E-state index < -0.39 is 11.6 Å². The van der Waals surface area contributed by atoms with Crippen molar-refractivity contribution in [2.45, 2.75) is 70.7 Å². The Kier molecular flexibility index (Phi) is 7.29. The first-order valence-corrected chi connectivity index (χ1v) is 14.5. The molecule has 216 valence electrons. The molecular weight excluding hydrogens is 520 g/mol. The summed E-state index contributed by atoms with van der Waals surface area (Å²) in [5.41, 5.74) is 3.04. The highest BCUT2D eigenvalue weighted by molar-refractivity contribution is 6.05. The number of hydrogen-bond donors (Lipinski definition) is 2. The van der Waals surface area contributed by atoms with Crippen LogP contribution in [0.2, 0.25) is 0 Å². The molecule has 3 aromatic rings. The van der Waals surface area contributed by atoms with Crippen LogP contribution in [0.3, 0.4) is 0 Å². The van der Waals surface area contributed by atoms with E-state index in [1.165, 1.54) is 24.2 Å². The van der Waals surface area contributed by atoms with E-state index in [0.717, 1.165) is 29.0 Å². The molecule has 2 N–H and O–H groups in total. The number of pyridine rings is 1. The second-order valence-electron chi connectivity index (χ2n) is 11.8. The van der Waals surface area contributed by atoms with Crippen molar-refractivity contribution in [1.82, 2.24) is 24.8 Å². The minimum absolute atomic E-state index is 0.0784. The molecule has 1 saturated heterocycles. The van der Waals surface area contributed by atoms with Crippen LogP contribution in [0.5, 0.6) is 5.75 Å². The standard InChI is InChI=1S/C31H38N6O4/c1-20-6-4-5-7-25(20)41-23-11-8-21(9-12-23)17-36-18-22-10-13-24(33-28(22)31(36,2)19-38)29-32-16-27(35(29)3)37-15-14-26(39)34-30(37)40/h8-13,16,20,25,38H,4-7,14-15,17-19H2,1-3H3,(H,34,39,40). The van der Waals surface area contributed by atoms with Crippen molar-refractivity contribution in [2.75, 3.05) is 18.1 Å². The van der Waals surface area contributed by atoms with Crippen LogP contribution in [0.25, 0.3) is 11.5 Å². The third-order valence-electron chi connectivity index (χ3n) is 9.00. The van der Waals surface area contributed by atoms with E-state index in [2.05, 4.69) is 52.5 Å². The Balaban J connectivity index is 1.19. The molecule has 3 amide bonds. The number of aromatic nitrogens is 3. The second kappa shape index (κ2) is 10.9. The molecule has 4 heterocycles. The van der Waals surface area contributed by atoms with Crippen molar-refractivity contribution in [3.8, 4) is 17.3 Å². The molecule has 1 aliphatic carbocycles. The summed E-state index contributed by atoms with van der Waals surface area (Å²) in [5.74, 6) is 2.41. The number of urea groups is 1. The number of carbonyl (C=O) groups is 2. The highest BCUT2D eigenvalue weighted by Crippen LogP contribution is 2.40. The Morgan fingerprint density at radius 3 is 2.63 bits per heavy atom. The van der Waals surface area contributed by atoms with E-state index in [-0.39, 0.29) is 25.0 Å². The number of nitrogens with one attached hydrogen (secondary N) is 1. The summed E-state index contributed by atoms with van der Waals surface area (Å²) < 4.78 is 8.12. The van der Waals surface area contributed by atoms with Crippen molar-refractivity contribution >= 4 is 17.8 Å². The summed E-state index contributed by atoms with van der Waals surface area (Å²) in [6.07, 6.45) is 7.03. The molecule has 1 aromatic carbocycles. The molecule has 2 aromatic heterocycles. The molecule has 10 nitrogen and oxygen atoms in total. The van der Waals surface area contributed by atoms with Gasteiger partial charge in [-0.05, 0) is 61.4 Å². The molecule has 41 heavy (non-hydrogen) atoms. The first kappa shape index (κ1) is 27.4. The van der Waals surface area contributed by atoms with E-state index in [1.54, 1.807) is 6.20 Å². The maximum absolute atomic E-state index is 12.4. The van der Waals surface area contributed by atoms with Crippen LogP contribution < -0.4 is 15.0 Å². The summed E-state index contributed by atoms with van der Waals surface area (Å²) in [4.78, 5) is 37.3. The number of benzene rings is 1. The van der Waals surface area contributed by atoms with Gasteiger partial charge in [-0.2, -0.15) is 0 Å². The molecule has 1 saturated carbocycles. The molecule has 0 spiro atoms. The highest BCUT2D eigenvalue weighted by atomic mass is 16.5. The van der Waals surface area contributed by atoms with Gasteiger partial charge in [0, 0.05) is 33.1 Å². The van der Waals surface area contributed by atoms with Gasteiger partial charge in [0.25, 0.3) is 0 Å². The lowest BCUT2D eigenvalue weighted by molar-refractivity contribution is -0.120. The number of aliphatic hydroxyl groups is 1. The van der Waals surface area contributed by atoms with E-state index in [1.807, 2.05) is 24.6 Å². The minimum atomic E-state index is -0.668. The molecular formula is C31H38N6O4. The normalized spacial score (nSPS) is 24.8. The van der Waals surface area contributed by atoms with Crippen LogP contribution in [0.1, 0.15) is 62.8 Å². The van der Waals surface area contributed by atoms with Crippen LogP contribution in [0.4, 0.5) is 10.6 Å². The Morgan fingerprint density at radius 1 is 1.12 bits per heavy atom.